The maximum Gasteiger partial charge on any atom is 0.335 e. The van der Waals surface area contributed by atoms with Crippen LogP contribution in [0.2, 0.25) is 0 Å². The van der Waals surface area contributed by atoms with Crippen molar-refractivity contribution in [1.29, 1.82) is 5.26 Å². The molecule has 9 nitrogen and oxygen atoms in total. The molecule has 1 amide bonds. The van der Waals surface area contributed by atoms with Crippen molar-refractivity contribution < 1.29 is 29.6 Å². The number of aliphatic hydroxyl groups is 2. The average Bonchev–Trinajstić information content (AvgIpc) is 3.27. The molecule has 0 spiro atoms. The summed E-state index contributed by atoms with van der Waals surface area (Å²) in [5, 5.41) is 40.2. The molecule has 4 N–H and O–H groups in total. The largest absolute Gasteiger partial charge is 0.478 e. The number of carbonyl (C=O) groups excluding carboxylic acids is 1. The standard InChI is InChI=1S/C25H19N3O6S/c26-11-14-1-7-19(8-2-14)34-22(15-3-5-16(6-4-15)24(32)33)23(31)28-25-27-20-9-17(12-29)18(13-30)10-21(20)35-25/h1-10,22,29-30H,12-13H2,(H,32,33)(H,27,28,31). The first-order valence-electron chi connectivity index (χ1n) is 10.4. The Hall–Kier alpha value is -4.30. The third kappa shape index (κ3) is 5.28. The van der Waals surface area contributed by atoms with Gasteiger partial charge < -0.3 is 20.1 Å². The summed E-state index contributed by atoms with van der Waals surface area (Å²) in [4.78, 5) is 28.9. The molecule has 0 aliphatic rings. The number of nitrogens with zero attached hydrogens (tertiary/aromatic N) is 2. The van der Waals surface area contributed by atoms with Gasteiger partial charge in [0.2, 0.25) is 6.10 Å². The van der Waals surface area contributed by atoms with Crippen molar-refractivity contribution in [3.8, 4) is 11.8 Å². The van der Waals surface area contributed by atoms with E-state index >= 15 is 0 Å². The van der Waals surface area contributed by atoms with Crippen LogP contribution in [-0.2, 0) is 18.0 Å². The number of ether oxygens (including phenoxy) is 1. The molecule has 4 aromatic rings. The minimum absolute atomic E-state index is 0.0665. The number of aromatic carboxylic acids is 1. The van der Waals surface area contributed by atoms with Gasteiger partial charge in [0.25, 0.3) is 5.91 Å². The topological polar surface area (TPSA) is 153 Å². The minimum atomic E-state index is -1.14. The number of fused-ring (bicyclic) bond motifs is 1. The molecule has 0 aliphatic heterocycles. The Labute approximate surface area is 203 Å². The summed E-state index contributed by atoms with van der Waals surface area (Å²) in [6.45, 7) is -0.490. The molecule has 1 heterocycles. The smallest absolute Gasteiger partial charge is 0.335 e. The molecule has 35 heavy (non-hydrogen) atoms. The summed E-state index contributed by atoms with van der Waals surface area (Å²) >= 11 is 1.20. The van der Waals surface area contributed by atoms with Crippen LogP contribution in [0.4, 0.5) is 5.13 Å². The first kappa shape index (κ1) is 23.8. The van der Waals surface area contributed by atoms with Crippen LogP contribution >= 0.6 is 11.3 Å². The Morgan fingerprint density at radius 2 is 1.69 bits per heavy atom. The lowest BCUT2D eigenvalue weighted by Crippen LogP contribution is -2.25. The molecule has 3 aromatic carbocycles. The van der Waals surface area contributed by atoms with Crippen molar-refractivity contribution in [1.82, 2.24) is 4.98 Å². The van der Waals surface area contributed by atoms with E-state index in [-0.39, 0.29) is 18.8 Å². The van der Waals surface area contributed by atoms with E-state index in [4.69, 9.17) is 10.00 Å². The monoisotopic (exact) mass is 489 g/mol. The van der Waals surface area contributed by atoms with Crippen LogP contribution in [0.5, 0.6) is 5.75 Å². The number of carboxylic acid groups (broad SMARTS) is 1. The second-order valence-electron chi connectivity index (χ2n) is 7.47. The average molecular weight is 490 g/mol. The van der Waals surface area contributed by atoms with Gasteiger partial charge in [-0.2, -0.15) is 5.26 Å². The predicted octanol–water partition coefficient (Wildman–Crippen LogP) is 3.61. The molecule has 0 saturated heterocycles. The van der Waals surface area contributed by atoms with E-state index in [9.17, 15) is 24.9 Å². The van der Waals surface area contributed by atoms with Crippen molar-refractivity contribution in [3.05, 3.63) is 88.5 Å². The van der Waals surface area contributed by atoms with Crippen molar-refractivity contribution in [3.63, 3.8) is 0 Å². The molecular formula is C25H19N3O6S. The summed E-state index contributed by atoms with van der Waals surface area (Å²) in [6, 6.07) is 17.4. The molecule has 0 radical (unpaired) electrons. The van der Waals surface area contributed by atoms with Crippen molar-refractivity contribution >= 4 is 38.6 Å². The lowest BCUT2D eigenvalue weighted by molar-refractivity contribution is -0.123. The zero-order valence-corrected chi connectivity index (χ0v) is 19.0. The Bertz CT molecular complexity index is 1380. The number of benzene rings is 3. The third-order valence-corrected chi connectivity index (χ3v) is 6.15. The highest BCUT2D eigenvalue weighted by Crippen LogP contribution is 2.31. The second-order valence-corrected chi connectivity index (χ2v) is 8.51. The Balaban J connectivity index is 1.64. The summed E-state index contributed by atoms with van der Waals surface area (Å²) in [6.07, 6.45) is -1.14. The molecule has 0 aliphatic carbocycles. The zero-order valence-electron chi connectivity index (χ0n) is 18.1. The fourth-order valence-corrected chi connectivity index (χ4v) is 4.31. The lowest BCUT2D eigenvalue weighted by atomic mass is 10.1. The van der Waals surface area contributed by atoms with Crippen LogP contribution in [0.15, 0.2) is 60.7 Å². The molecule has 10 heteroatoms. The summed E-state index contributed by atoms with van der Waals surface area (Å²) in [5.41, 5.74) is 2.59. The van der Waals surface area contributed by atoms with E-state index in [1.807, 2.05) is 6.07 Å². The second kappa shape index (κ2) is 10.3. The number of carbonyl (C=O) groups is 2. The van der Waals surface area contributed by atoms with Crippen LogP contribution in [0.1, 0.15) is 38.7 Å². The number of nitrogens with one attached hydrogen (secondary N) is 1. The number of amides is 1. The van der Waals surface area contributed by atoms with E-state index in [1.54, 1.807) is 36.4 Å². The van der Waals surface area contributed by atoms with Gasteiger partial charge in [0.05, 0.1) is 40.6 Å². The molecule has 1 atom stereocenters. The number of carboxylic acids is 1. The first-order valence-corrected chi connectivity index (χ1v) is 11.2. The lowest BCUT2D eigenvalue weighted by Gasteiger charge is -2.19. The van der Waals surface area contributed by atoms with E-state index in [2.05, 4.69) is 10.3 Å². The molecule has 176 valence electrons. The summed E-state index contributed by atoms with van der Waals surface area (Å²) in [5.74, 6) is -1.29. The van der Waals surface area contributed by atoms with Gasteiger partial charge in [0.1, 0.15) is 5.75 Å². The normalized spacial score (nSPS) is 11.6. The van der Waals surface area contributed by atoms with Gasteiger partial charge in [-0.05, 0) is 59.7 Å². The Kier molecular flexibility index (Phi) is 7.03. The molecular weight excluding hydrogens is 470 g/mol. The SMILES string of the molecule is N#Cc1ccc(OC(C(=O)Nc2nc3cc(CO)c(CO)cc3s2)c2ccc(C(=O)O)cc2)cc1. The molecule has 0 saturated carbocycles. The summed E-state index contributed by atoms with van der Waals surface area (Å²) < 4.78 is 6.64. The number of aromatic nitrogens is 1. The van der Waals surface area contributed by atoms with Crippen molar-refractivity contribution in [2.75, 3.05) is 5.32 Å². The number of hydrogen-bond donors (Lipinski definition) is 4. The first-order chi connectivity index (χ1) is 16.9. The van der Waals surface area contributed by atoms with Gasteiger partial charge >= 0.3 is 5.97 Å². The molecule has 4 rings (SSSR count). The van der Waals surface area contributed by atoms with Gasteiger partial charge in [-0.3, -0.25) is 10.1 Å². The van der Waals surface area contributed by atoms with Crippen LogP contribution in [0, 0.1) is 11.3 Å². The molecule has 1 aromatic heterocycles. The summed E-state index contributed by atoms with van der Waals surface area (Å²) in [7, 11) is 0. The van der Waals surface area contributed by atoms with Crippen molar-refractivity contribution in [2.45, 2.75) is 19.3 Å². The predicted molar refractivity (Wildman–Crippen MR) is 128 cm³/mol. The highest BCUT2D eigenvalue weighted by molar-refractivity contribution is 7.22. The van der Waals surface area contributed by atoms with E-state index < -0.39 is 18.0 Å². The van der Waals surface area contributed by atoms with Gasteiger partial charge in [-0.25, -0.2) is 9.78 Å². The number of anilines is 1. The van der Waals surface area contributed by atoms with Crippen LogP contribution in [0.3, 0.4) is 0 Å². The van der Waals surface area contributed by atoms with Gasteiger partial charge in [-0.1, -0.05) is 23.5 Å². The Morgan fingerprint density at radius 3 is 2.29 bits per heavy atom. The van der Waals surface area contributed by atoms with E-state index in [0.29, 0.717) is 38.7 Å². The maximum atomic E-state index is 13.3. The Morgan fingerprint density at radius 1 is 1.03 bits per heavy atom. The number of thiazole rings is 1. The fourth-order valence-electron chi connectivity index (χ4n) is 3.40. The number of rotatable bonds is 8. The van der Waals surface area contributed by atoms with Crippen LogP contribution < -0.4 is 10.1 Å². The van der Waals surface area contributed by atoms with Gasteiger partial charge in [-0.15, -0.1) is 0 Å². The highest BCUT2D eigenvalue weighted by Gasteiger charge is 2.25. The van der Waals surface area contributed by atoms with E-state index in [0.717, 1.165) is 4.70 Å². The number of aliphatic hydroxyl groups excluding tert-OH is 2. The van der Waals surface area contributed by atoms with Gasteiger partial charge in [0.15, 0.2) is 5.13 Å². The fraction of sp³-hybridized carbons (Fsp3) is 0.120. The maximum absolute atomic E-state index is 13.3. The molecule has 1 unspecified atom stereocenters. The molecule has 0 fully saturated rings. The third-order valence-electron chi connectivity index (χ3n) is 5.22. The van der Waals surface area contributed by atoms with Crippen LogP contribution in [-0.4, -0.2) is 32.2 Å². The number of nitriles is 1. The van der Waals surface area contributed by atoms with Gasteiger partial charge in [0, 0.05) is 5.56 Å². The van der Waals surface area contributed by atoms with E-state index in [1.165, 1.54) is 35.6 Å². The van der Waals surface area contributed by atoms with Crippen LogP contribution in [0.25, 0.3) is 10.2 Å². The number of hydrogen-bond acceptors (Lipinski definition) is 8. The highest BCUT2D eigenvalue weighted by atomic mass is 32.1. The molecule has 0 bridgehead atoms. The van der Waals surface area contributed by atoms with Crippen molar-refractivity contribution in [2.24, 2.45) is 0 Å². The minimum Gasteiger partial charge on any atom is -0.478 e. The quantitative estimate of drug-likeness (QED) is 0.293. The zero-order chi connectivity index (χ0) is 24.9.